The van der Waals surface area contributed by atoms with Crippen molar-refractivity contribution >= 4 is 0 Å². The van der Waals surface area contributed by atoms with Gasteiger partial charge < -0.3 is 14.6 Å². The molecule has 1 N–H and O–H groups in total. The van der Waals surface area contributed by atoms with Crippen LogP contribution in [0.2, 0.25) is 0 Å². The van der Waals surface area contributed by atoms with Crippen LogP contribution in [0.25, 0.3) is 0 Å². The second-order valence-corrected chi connectivity index (χ2v) is 4.23. The van der Waals surface area contributed by atoms with Gasteiger partial charge in [0.15, 0.2) is 0 Å². The zero-order chi connectivity index (χ0) is 13.7. The van der Waals surface area contributed by atoms with E-state index in [0.717, 1.165) is 16.8 Å². The molecule has 19 heavy (non-hydrogen) atoms. The van der Waals surface area contributed by atoms with Crippen LogP contribution in [0.3, 0.4) is 0 Å². The minimum atomic E-state index is -0.0391. The monoisotopic (exact) mass is 259 g/mol. The maximum Gasteiger partial charge on any atom is 0.213 e. The summed E-state index contributed by atoms with van der Waals surface area (Å²) in [4.78, 5) is 4.27. The van der Waals surface area contributed by atoms with Crippen LogP contribution in [0.5, 0.6) is 11.6 Å². The summed E-state index contributed by atoms with van der Waals surface area (Å²) in [6.45, 7) is 2.28. The van der Waals surface area contributed by atoms with E-state index in [0.29, 0.717) is 18.2 Å². The van der Waals surface area contributed by atoms with E-state index in [4.69, 9.17) is 9.47 Å². The van der Waals surface area contributed by atoms with Crippen molar-refractivity contribution in [3.63, 3.8) is 0 Å². The average Bonchev–Trinajstić information content (AvgIpc) is 2.46. The Morgan fingerprint density at radius 1 is 1.21 bits per heavy atom. The van der Waals surface area contributed by atoms with Crippen molar-refractivity contribution in [2.75, 3.05) is 7.11 Å². The highest BCUT2D eigenvalue weighted by Crippen LogP contribution is 2.21. The summed E-state index contributed by atoms with van der Waals surface area (Å²) in [5.41, 5.74) is 2.66. The molecule has 0 aliphatic heterocycles. The standard InChI is InChI=1S/C15H17NO3/c1-11-6-7-14(12(8-11)9-17)19-10-13-4-3-5-15(16-13)18-2/h3-8,17H,9-10H2,1-2H3. The van der Waals surface area contributed by atoms with Crippen molar-refractivity contribution in [3.8, 4) is 11.6 Å². The van der Waals surface area contributed by atoms with E-state index in [9.17, 15) is 5.11 Å². The van der Waals surface area contributed by atoms with Crippen LogP contribution in [0, 0.1) is 6.92 Å². The smallest absolute Gasteiger partial charge is 0.213 e. The van der Waals surface area contributed by atoms with Crippen LogP contribution in [-0.2, 0) is 13.2 Å². The lowest BCUT2D eigenvalue weighted by Crippen LogP contribution is -2.01. The molecule has 0 bridgehead atoms. The van der Waals surface area contributed by atoms with Crippen LogP contribution < -0.4 is 9.47 Å². The third kappa shape index (κ3) is 3.45. The number of aliphatic hydroxyl groups excluding tert-OH is 1. The number of nitrogens with zero attached hydrogens (tertiary/aromatic N) is 1. The molecule has 0 aliphatic carbocycles. The lowest BCUT2D eigenvalue weighted by atomic mass is 10.1. The molecule has 2 rings (SSSR count). The molecule has 0 amide bonds. The van der Waals surface area contributed by atoms with Gasteiger partial charge in [-0.1, -0.05) is 23.8 Å². The van der Waals surface area contributed by atoms with E-state index >= 15 is 0 Å². The number of rotatable bonds is 5. The highest BCUT2D eigenvalue weighted by Gasteiger charge is 2.04. The Labute approximate surface area is 112 Å². The molecule has 0 fully saturated rings. The van der Waals surface area contributed by atoms with Crippen LogP contribution in [-0.4, -0.2) is 17.2 Å². The van der Waals surface area contributed by atoms with Crippen molar-refractivity contribution < 1.29 is 14.6 Å². The van der Waals surface area contributed by atoms with Gasteiger partial charge >= 0.3 is 0 Å². The van der Waals surface area contributed by atoms with Crippen molar-refractivity contribution in [3.05, 3.63) is 53.2 Å². The Morgan fingerprint density at radius 2 is 2.05 bits per heavy atom. The lowest BCUT2D eigenvalue weighted by molar-refractivity contribution is 0.256. The molecular weight excluding hydrogens is 242 g/mol. The molecule has 4 heteroatoms. The number of aryl methyl sites for hydroxylation is 1. The van der Waals surface area contributed by atoms with E-state index in [1.165, 1.54) is 0 Å². The molecule has 0 spiro atoms. The summed E-state index contributed by atoms with van der Waals surface area (Å²) in [6, 6.07) is 11.2. The summed E-state index contributed by atoms with van der Waals surface area (Å²) in [6.07, 6.45) is 0. The first-order chi connectivity index (χ1) is 9.22. The molecule has 1 aromatic carbocycles. The molecule has 1 heterocycles. The van der Waals surface area contributed by atoms with Crippen molar-refractivity contribution in [1.82, 2.24) is 4.98 Å². The Balaban J connectivity index is 2.09. The van der Waals surface area contributed by atoms with Crippen molar-refractivity contribution in [1.29, 1.82) is 0 Å². The molecular formula is C15H17NO3. The van der Waals surface area contributed by atoms with Gasteiger partial charge in [-0.2, -0.15) is 0 Å². The Hall–Kier alpha value is -2.07. The molecule has 0 saturated heterocycles. The average molecular weight is 259 g/mol. The molecule has 0 radical (unpaired) electrons. The highest BCUT2D eigenvalue weighted by molar-refractivity contribution is 5.36. The predicted octanol–water partition coefficient (Wildman–Crippen LogP) is 2.47. The fourth-order valence-electron chi connectivity index (χ4n) is 1.78. The zero-order valence-electron chi connectivity index (χ0n) is 11.1. The van der Waals surface area contributed by atoms with Crippen LogP contribution in [0.4, 0.5) is 0 Å². The third-order valence-corrected chi connectivity index (χ3v) is 2.75. The van der Waals surface area contributed by atoms with Gasteiger partial charge in [0.2, 0.25) is 5.88 Å². The summed E-state index contributed by atoms with van der Waals surface area (Å²) in [5.74, 6) is 1.24. The van der Waals surface area contributed by atoms with E-state index in [2.05, 4.69) is 4.98 Å². The van der Waals surface area contributed by atoms with Gasteiger partial charge in [0.05, 0.1) is 19.4 Å². The topological polar surface area (TPSA) is 51.6 Å². The van der Waals surface area contributed by atoms with Crippen molar-refractivity contribution in [2.24, 2.45) is 0 Å². The maximum atomic E-state index is 9.31. The number of hydrogen-bond acceptors (Lipinski definition) is 4. The SMILES string of the molecule is COc1cccc(COc2ccc(C)cc2CO)n1. The first-order valence-corrected chi connectivity index (χ1v) is 6.06. The van der Waals surface area contributed by atoms with Gasteiger partial charge in [0, 0.05) is 11.6 Å². The summed E-state index contributed by atoms with van der Waals surface area (Å²) >= 11 is 0. The van der Waals surface area contributed by atoms with Crippen LogP contribution in [0.1, 0.15) is 16.8 Å². The first kappa shape index (κ1) is 13.4. The number of pyridine rings is 1. The van der Waals surface area contributed by atoms with Gasteiger partial charge in [0.25, 0.3) is 0 Å². The predicted molar refractivity (Wildman–Crippen MR) is 72.2 cm³/mol. The fraction of sp³-hybridized carbons (Fsp3) is 0.267. The minimum absolute atomic E-state index is 0.0391. The van der Waals surface area contributed by atoms with E-state index in [1.54, 1.807) is 13.2 Å². The molecule has 2 aromatic rings. The summed E-state index contributed by atoms with van der Waals surface area (Å²) in [5, 5.41) is 9.31. The van der Waals surface area contributed by atoms with Gasteiger partial charge in [0.1, 0.15) is 12.4 Å². The van der Waals surface area contributed by atoms with Crippen molar-refractivity contribution in [2.45, 2.75) is 20.1 Å². The molecule has 0 saturated carbocycles. The molecule has 4 nitrogen and oxygen atoms in total. The van der Waals surface area contributed by atoms with E-state index < -0.39 is 0 Å². The molecule has 0 atom stereocenters. The molecule has 100 valence electrons. The van der Waals surface area contributed by atoms with Crippen LogP contribution in [0.15, 0.2) is 36.4 Å². The van der Waals surface area contributed by atoms with Gasteiger partial charge in [-0.15, -0.1) is 0 Å². The summed E-state index contributed by atoms with van der Waals surface area (Å²) in [7, 11) is 1.58. The van der Waals surface area contributed by atoms with Gasteiger partial charge in [-0.3, -0.25) is 0 Å². The normalized spacial score (nSPS) is 10.3. The Bertz CT molecular complexity index is 555. The number of benzene rings is 1. The van der Waals surface area contributed by atoms with Gasteiger partial charge in [-0.05, 0) is 19.1 Å². The molecule has 0 unspecified atom stereocenters. The number of methoxy groups -OCH3 is 1. The fourth-order valence-corrected chi connectivity index (χ4v) is 1.78. The first-order valence-electron chi connectivity index (χ1n) is 6.06. The summed E-state index contributed by atoms with van der Waals surface area (Å²) < 4.78 is 10.8. The Morgan fingerprint density at radius 3 is 2.79 bits per heavy atom. The minimum Gasteiger partial charge on any atom is -0.487 e. The molecule has 0 aliphatic rings. The number of hydrogen-bond donors (Lipinski definition) is 1. The zero-order valence-corrected chi connectivity index (χ0v) is 11.1. The molecule has 1 aromatic heterocycles. The largest absolute Gasteiger partial charge is 0.487 e. The van der Waals surface area contributed by atoms with E-state index in [-0.39, 0.29) is 6.61 Å². The quantitative estimate of drug-likeness (QED) is 0.896. The maximum absolute atomic E-state index is 9.31. The lowest BCUT2D eigenvalue weighted by Gasteiger charge is -2.11. The van der Waals surface area contributed by atoms with Gasteiger partial charge in [-0.25, -0.2) is 4.98 Å². The number of aliphatic hydroxyl groups is 1. The Kier molecular flexibility index (Phi) is 4.36. The number of aromatic nitrogens is 1. The third-order valence-electron chi connectivity index (χ3n) is 2.75. The number of ether oxygens (including phenoxy) is 2. The van der Waals surface area contributed by atoms with Crippen LogP contribution >= 0.6 is 0 Å². The second-order valence-electron chi connectivity index (χ2n) is 4.23. The highest BCUT2D eigenvalue weighted by atomic mass is 16.5. The van der Waals surface area contributed by atoms with E-state index in [1.807, 2.05) is 37.3 Å². The second kappa shape index (κ2) is 6.20.